The van der Waals surface area contributed by atoms with Gasteiger partial charge in [0, 0.05) is 17.7 Å². The van der Waals surface area contributed by atoms with Crippen molar-refractivity contribution in [1.29, 1.82) is 0 Å². The molecule has 0 N–H and O–H groups in total. The number of carbonyl (C=O) groups is 4. The smallest absolute Gasteiger partial charge is 0.338 e. The van der Waals surface area contributed by atoms with Crippen molar-refractivity contribution < 1.29 is 28.8 Å². The molecule has 9 heteroatoms. The fourth-order valence-corrected chi connectivity index (χ4v) is 6.63. The average molecular weight is 525 g/mol. The first kappa shape index (κ1) is 24.7. The number of Topliss-reactive ketones (excluding diaryl/α,β-unsaturated/α-hetero) is 1. The second-order valence-corrected chi connectivity index (χ2v) is 10.3. The summed E-state index contributed by atoms with van der Waals surface area (Å²) >= 11 is 0. The fraction of sp³-hybridized carbons (Fsp3) is 0.267. The molecule has 0 aromatic heterocycles. The van der Waals surface area contributed by atoms with Crippen molar-refractivity contribution in [1.82, 2.24) is 0 Å². The summed E-state index contributed by atoms with van der Waals surface area (Å²) in [6.07, 6.45) is 1.79. The van der Waals surface area contributed by atoms with E-state index in [4.69, 9.17) is 4.74 Å². The van der Waals surface area contributed by atoms with E-state index in [1.54, 1.807) is 0 Å². The standard InChI is InChI=1S/C30H24N2O7/c33-25(19-7-4-8-22(13-19)32(37)38)16-39-30(36)18-9-11-21(12-10-18)31-28(34)26-20-14-23(17-5-2-1-3-6-17)24(15-20)27(26)29(31)35/h1-13,20,23-24,26-27H,14-16H2/t20-,23+,24+,26-,27-/m1/s1. The van der Waals surface area contributed by atoms with Gasteiger partial charge in [-0.25, -0.2) is 4.79 Å². The lowest BCUT2D eigenvalue weighted by molar-refractivity contribution is -0.384. The molecule has 3 aromatic rings. The molecule has 3 aliphatic rings. The van der Waals surface area contributed by atoms with Crippen molar-refractivity contribution >= 4 is 34.9 Å². The third kappa shape index (κ3) is 4.20. The number of amides is 2. The van der Waals surface area contributed by atoms with Crippen LogP contribution < -0.4 is 4.90 Å². The van der Waals surface area contributed by atoms with Gasteiger partial charge in [-0.15, -0.1) is 0 Å². The third-order valence-corrected chi connectivity index (χ3v) is 8.32. The normalized spacial score (nSPS) is 25.0. The second kappa shape index (κ2) is 9.58. The van der Waals surface area contributed by atoms with Crippen molar-refractivity contribution in [2.75, 3.05) is 11.5 Å². The molecule has 196 valence electrons. The Labute approximate surface area is 223 Å². The molecule has 1 aliphatic heterocycles. The molecule has 3 aromatic carbocycles. The maximum atomic E-state index is 13.5. The SMILES string of the molecule is O=C(COC(=O)c1ccc(N2C(=O)[C@@H]3[C@H]4C[C@H]([C@H]3C2=O)[C@H](c2ccccc2)C4)cc1)c1cccc([N+](=O)[O-])c1. The maximum absolute atomic E-state index is 13.5. The molecule has 2 bridgehead atoms. The Balaban J connectivity index is 1.12. The Morgan fingerprint density at radius 3 is 2.31 bits per heavy atom. The number of carbonyl (C=O) groups excluding carboxylic acids is 4. The number of hydrogen-bond acceptors (Lipinski definition) is 7. The topological polar surface area (TPSA) is 124 Å². The zero-order chi connectivity index (χ0) is 27.3. The first-order chi connectivity index (χ1) is 18.8. The van der Waals surface area contributed by atoms with Crippen LogP contribution >= 0.6 is 0 Å². The lowest BCUT2D eigenvalue weighted by atomic mass is 9.73. The highest BCUT2D eigenvalue weighted by Gasteiger charge is 2.64. The number of esters is 1. The first-order valence-corrected chi connectivity index (χ1v) is 12.8. The number of nitro groups is 1. The first-order valence-electron chi connectivity index (χ1n) is 12.8. The molecule has 1 saturated heterocycles. The van der Waals surface area contributed by atoms with E-state index in [0.717, 1.165) is 18.9 Å². The summed E-state index contributed by atoms with van der Waals surface area (Å²) in [6.45, 7) is -0.584. The number of nitro benzene ring substituents is 1. The highest BCUT2D eigenvalue weighted by Crippen LogP contribution is 2.61. The molecule has 3 fully saturated rings. The Bertz CT molecular complexity index is 1500. The van der Waals surface area contributed by atoms with E-state index in [2.05, 4.69) is 12.1 Å². The van der Waals surface area contributed by atoms with Gasteiger partial charge in [0.25, 0.3) is 5.69 Å². The number of ketones is 1. The van der Waals surface area contributed by atoms with Crippen LogP contribution in [0.25, 0.3) is 0 Å². The molecule has 0 unspecified atom stereocenters. The zero-order valence-corrected chi connectivity index (χ0v) is 20.8. The van der Waals surface area contributed by atoms with Crippen LogP contribution in [-0.2, 0) is 14.3 Å². The average Bonchev–Trinajstić information content (AvgIpc) is 3.63. The minimum Gasteiger partial charge on any atom is -0.454 e. The molecule has 39 heavy (non-hydrogen) atoms. The number of nitrogens with zero attached hydrogens (tertiary/aromatic N) is 2. The number of hydrogen-bond donors (Lipinski definition) is 0. The number of ether oxygens (including phenoxy) is 1. The van der Waals surface area contributed by atoms with Gasteiger partial charge >= 0.3 is 5.97 Å². The highest BCUT2D eigenvalue weighted by molar-refractivity contribution is 6.22. The molecule has 5 atom stereocenters. The summed E-state index contributed by atoms with van der Waals surface area (Å²) in [5.41, 5.74) is 1.59. The Kier molecular flexibility index (Phi) is 6.06. The van der Waals surface area contributed by atoms with Gasteiger partial charge in [0.05, 0.1) is 28.0 Å². The molecule has 9 nitrogen and oxygen atoms in total. The van der Waals surface area contributed by atoms with Crippen molar-refractivity contribution in [2.24, 2.45) is 23.7 Å². The van der Waals surface area contributed by atoms with E-state index in [1.165, 1.54) is 52.9 Å². The number of fused-ring (bicyclic) bond motifs is 5. The van der Waals surface area contributed by atoms with Gasteiger partial charge in [-0.2, -0.15) is 0 Å². The van der Waals surface area contributed by atoms with Crippen LogP contribution in [0.2, 0.25) is 0 Å². The Hall–Kier alpha value is -4.66. The molecule has 6 rings (SSSR count). The number of non-ortho nitro benzene ring substituents is 1. The fourth-order valence-electron chi connectivity index (χ4n) is 6.63. The van der Waals surface area contributed by atoms with E-state index in [9.17, 15) is 29.3 Å². The number of anilines is 1. The predicted octanol–water partition coefficient (Wildman–Crippen LogP) is 4.56. The Morgan fingerprint density at radius 1 is 0.872 bits per heavy atom. The predicted molar refractivity (Wildman–Crippen MR) is 139 cm³/mol. The number of imide groups is 1. The number of rotatable bonds is 7. The van der Waals surface area contributed by atoms with Crippen molar-refractivity contribution in [3.8, 4) is 0 Å². The maximum Gasteiger partial charge on any atom is 0.338 e. The van der Waals surface area contributed by atoms with E-state index in [-0.39, 0.29) is 58.2 Å². The molecule has 1 heterocycles. The summed E-state index contributed by atoms with van der Waals surface area (Å²) in [5.74, 6) is -1.73. The quantitative estimate of drug-likeness (QED) is 0.146. The molecular weight excluding hydrogens is 500 g/mol. The summed E-state index contributed by atoms with van der Waals surface area (Å²) in [5, 5.41) is 10.9. The summed E-state index contributed by atoms with van der Waals surface area (Å²) in [4.78, 5) is 63.3. The van der Waals surface area contributed by atoms with Gasteiger partial charge in [-0.3, -0.25) is 29.4 Å². The highest BCUT2D eigenvalue weighted by atomic mass is 16.6. The minimum absolute atomic E-state index is 0.0624. The lowest BCUT2D eigenvalue weighted by Crippen LogP contribution is -2.33. The van der Waals surface area contributed by atoms with E-state index < -0.39 is 23.3 Å². The van der Waals surface area contributed by atoms with Crippen LogP contribution in [-0.4, -0.2) is 35.1 Å². The van der Waals surface area contributed by atoms with Gasteiger partial charge in [-0.1, -0.05) is 42.5 Å². The molecule has 2 amide bonds. The van der Waals surface area contributed by atoms with Gasteiger partial charge < -0.3 is 4.74 Å². The molecule has 0 radical (unpaired) electrons. The summed E-state index contributed by atoms with van der Waals surface area (Å²) in [6, 6.07) is 21.3. The number of benzene rings is 3. The summed E-state index contributed by atoms with van der Waals surface area (Å²) in [7, 11) is 0. The van der Waals surface area contributed by atoms with Crippen molar-refractivity contribution in [3.63, 3.8) is 0 Å². The lowest BCUT2D eigenvalue weighted by Gasteiger charge is -2.28. The van der Waals surface area contributed by atoms with E-state index in [0.29, 0.717) is 5.69 Å². The largest absolute Gasteiger partial charge is 0.454 e. The van der Waals surface area contributed by atoms with Crippen LogP contribution in [0.4, 0.5) is 11.4 Å². The third-order valence-electron chi connectivity index (χ3n) is 8.32. The molecule has 2 saturated carbocycles. The van der Waals surface area contributed by atoms with E-state index >= 15 is 0 Å². The van der Waals surface area contributed by atoms with Crippen LogP contribution in [0, 0.1) is 33.8 Å². The Morgan fingerprint density at radius 2 is 1.59 bits per heavy atom. The molecular formula is C30H24N2O7. The van der Waals surface area contributed by atoms with Crippen LogP contribution in [0.15, 0.2) is 78.9 Å². The van der Waals surface area contributed by atoms with Gasteiger partial charge in [-0.05, 0) is 60.4 Å². The van der Waals surface area contributed by atoms with E-state index in [1.807, 2.05) is 18.2 Å². The zero-order valence-electron chi connectivity index (χ0n) is 20.8. The van der Waals surface area contributed by atoms with Gasteiger partial charge in [0.2, 0.25) is 17.6 Å². The van der Waals surface area contributed by atoms with Crippen molar-refractivity contribution in [2.45, 2.75) is 18.8 Å². The summed E-state index contributed by atoms with van der Waals surface area (Å²) < 4.78 is 5.10. The molecule has 2 aliphatic carbocycles. The van der Waals surface area contributed by atoms with Gasteiger partial charge in [0.1, 0.15) is 0 Å². The minimum atomic E-state index is -0.764. The van der Waals surface area contributed by atoms with Gasteiger partial charge in [0.15, 0.2) is 6.61 Å². The monoisotopic (exact) mass is 524 g/mol. The molecule has 0 spiro atoms. The van der Waals surface area contributed by atoms with Crippen molar-refractivity contribution in [3.05, 3.63) is 106 Å². The van der Waals surface area contributed by atoms with Crippen LogP contribution in [0.5, 0.6) is 0 Å². The second-order valence-electron chi connectivity index (χ2n) is 10.3. The van der Waals surface area contributed by atoms with Crippen LogP contribution in [0.1, 0.15) is 45.0 Å². The van der Waals surface area contributed by atoms with Crippen LogP contribution in [0.3, 0.4) is 0 Å².